The van der Waals surface area contributed by atoms with Crippen molar-refractivity contribution in [2.75, 3.05) is 18.0 Å². The number of hydrogen-bond donors (Lipinski definition) is 0. The number of aromatic nitrogens is 2. The Balaban J connectivity index is 0.00000144. The molecule has 4 nitrogen and oxygen atoms in total. The molecule has 0 atom stereocenters. The fourth-order valence-electron chi connectivity index (χ4n) is 1.84. The molecule has 5 heteroatoms. The number of nitrogens with zero attached hydrogens (tertiary/aromatic N) is 3. The molecule has 0 aliphatic heterocycles. The van der Waals surface area contributed by atoms with Crippen molar-refractivity contribution in [2.45, 2.75) is 13.8 Å². The van der Waals surface area contributed by atoms with Crippen LogP contribution in [-0.4, -0.2) is 22.5 Å². The molecule has 2 heterocycles. The zero-order valence-corrected chi connectivity index (χ0v) is 10.8. The van der Waals surface area contributed by atoms with Crippen molar-refractivity contribution in [3.05, 3.63) is 40.8 Å². The first-order valence-electron chi connectivity index (χ1n) is 5.49. The van der Waals surface area contributed by atoms with Crippen molar-refractivity contribution in [1.82, 2.24) is 9.38 Å². The van der Waals surface area contributed by atoms with Gasteiger partial charge in [0, 0.05) is 25.4 Å². The fraction of sp³-hybridized carbons (Fsp3) is 0.333. The molecule has 0 unspecified atom stereocenters. The predicted molar refractivity (Wildman–Crippen MR) is 72.3 cm³/mol. The molecule has 0 N–H and O–H groups in total. The number of fused-ring (bicyclic) bond motifs is 1. The van der Waals surface area contributed by atoms with Crippen molar-refractivity contribution in [1.29, 1.82) is 0 Å². The maximum Gasteiger partial charge on any atom is 0.275 e. The molecule has 92 valence electrons. The summed E-state index contributed by atoms with van der Waals surface area (Å²) in [7, 11) is 0. The van der Waals surface area contributed by atoms with Crippen LogP contribution < -0.4 is 10.5 Å². The molecule has 0 bridgehead atoms. The van der Waals surface area contributed by atoms with Gasteiger partial charge in [-0.2, -0.15) is 4.98 Å². The summed E-state index contributed by atoms with van der Waals surface area (Å²) in [6.45, 7) is 5.89. The Morgan fingerprint density at radius 2 is 2.00 bits per heavy atom. The molecule has 0 aliphatic carbocycles. The van der Waals surface area contributed by atoms with Crippen LogP contribution in [-0.2, 0) is 0 Å². The van der Waals surface area contributed by atoms with Gasteiger partial charge in [0.1, 0.15) is 11.5 Å². The Kier molecular flexibility index (Phi) is 4.52. The second-order valence-corrected chi connectivity index (χ2v) is 3.55. The van der Waals surface area contributed by atoms with E-state index in [9.17, 15) is 4.79 Å². The smallest absolute Gasteiger partial charge is 0.275 e. The topological polar surface area (TPSA) is 37.6 Å². The second-order valence-electron chi connectivity index (χ2n) is 3.55. The number of hydrogen-bond acceptors (Lipinski definition) is 3. The van der Waals surface area contributed by atoms with E-state index in [4.69, 9.17) is 0 Å². The van der Waals surface area contributed by atoms with E-state index in [1.165, 1.54) is 0 Å². The molecule has 2 aromatic heterocycles. The van der Waals surface area contributed by atoms with Gasteiger partial charge in [-0.15, -0.1) is 12.4 Å². The van der Waals surface area contributed by atoms with Gasteiger partial charge in [0.25, 0.3) is 5.56 Å². The van der Waals surface area contributed by atoms with Crippen LogP contribution in [0.25, 0.3) is 5.65 Å². The molecular weight excluding hydrogens is 238 g/mol. The van der Waals surface area contributed by atoms with Crippen LogP contribution in [0.3, 0.4) is 0 Å². The number of anilines is 1. The standard InChI is InChI=1S/C12H15N3O.ClH/c1-3-14(4-2)12-9-11(16)13-10-7-5-6-8-15(10)12;/h5-9H,3-4H2,1-2H3;1H. The fourth-order valence-corrected chi connectivity index (χ4v) is 1.84. The van der Waals surface area contributed by atoms with Crippen molar-refractivity contribution in [3.63, 3.8) is 0 Å². The van der Waals surface area contributed by atoms with E-state index in [0.29, 0.717) is 5.65 Å². The lowest BCUT2D eigenvalue weighted by Crippen LogP contribution is -2.26. The van der Waals surface area contributed by atoms with Crippen molar-refractivity contribution < 1.29 is 0 Å². The predicted octanol–water partition coefficient (Wildman–Crippen LogP) is 1.96. The summed E-state index contributed by atoms with van der Waals surface area (Å²) in [6.07, 6.45) is 1.93. The van der Waals surface area contributed by atoms with Crippen LogP contribution in [0.2, 0.25) is 0 Å². The molecular formula is C12H16ClN3O. The van der Waals surface area contributed by atoms with Crippen LogP contribution in [0.15, 0.2) is 35.3 Å². The highest BCUT2D eigenvalue weighted by Crippen LogP contribution is 2.12. The van der Waals surface area contributed by atoms with Gasteiger partial charge in [0.05, 0.1) is 0 Å². The Morgan fingerprint density at radius 3 is 2.65 bits per heavy atom. The SMILES string of the molecule is CCN(CC)c1cc(=O)nc2ccccn12.Cl. The van der Waals surface area contributed by atoms with E-state index >= 15 is 0 Å². The van der Waals surface area contributed by atoms with Crippen molar-refractivity contribution in [2.24, 2.45) is 0 Å². The normalized spacial score (nSPS) is 10.0. The van der Waals surface area contributed by atoms with E-state index in [0.717, 1.165) is 18.9 Å². The van der Waals surface area contributed by atoms with Gasteiger partial charge in [-0.1, -0.05) is 6.07 Å². The highest BCUT2D eigenvalue weighted by atomic mass is 35.5. The summed E-state index contributed by atoms with van der Waals surface area (Å²) in [5.41, 5.74) is 0.505. The Bertz CT molecular complexity index is 549. The lowest BCUT2D eigenvalue weighted by atomic mass is 10.4. The molecule has 2 rings (SSSR count). The minimum Gasteiger partial charge on any atom is -0.358 e. The van der Waals surface area contributed by atoms with E-state index in [-0.39, 0.29) is 18.0 Å². The van der Waals surface area contributed by atoms with Gasteiger partial charge in [0.2, 0.25) is 0 Å². The zero-order valence-electron chi connectivity index (χ0n) is 9.96. The van der Waals surface area contributed by atoms with Crippen LogP contribution in [0, 0.1) is 0 Å². The van der Waals surface area contributed by atoms with Gasteiger partial charge in [-0.3, -0.25) is 9.20 Å². The van der Waals surface area contributed by atoms with Gasteiger partial charge in [-0.25, -0.2) is 0 Å². The molecule has 0 aliphatic rings. The Labute approximate surface area is 106 Å². The first-order chi connectivity index (χ1) is 7.76. The summed E-state index contributed by atoms with van der Waals surface area (Å²) in [6, 6.07) is 7.24. The largest absolute Gasteiger partial charge is 0.358 e. The average Bonchev–Trinajstić information content (AvgIpc) is 2.30. The molecule has 0 fully saturated rings. The minimum absolute atomic E-state index is 0. The third-order valence-corrected chi connectivity index (χ3v) is 2.65. The molecule has 0 saturated carbocycles. The third-order valence-electron chi connectivity index (χ3n) is 2.65. The molecule has 0 aromatic carbocycles. The van der Waals surface area contributed by atoms with Crippen molar-refractivity contribution >= 4 is 23.9 Å². The first-order valence-corrected chi connectivity index (χ1v) is 5.49. The van der Waals surface area contributed by atoms with Crippen LogP contribution >= 0.6 is 12.4 Å². The highest BCUT2D eigenvalue weighted by molar-refractivity contribution is 5.85. The van der Waals surface area contributed by atoms with E-state index < -0.39 is 0 Å². The van der Waals surface area contributed by atoms with Gasteiger partial charge in [-0.05, 0) is 26.0 Å². The average molecular weight is 254 g/mol. The summed E-state index contributed by atoms with van der Waals surface area (Å²) in [4.78, 5) is 17.6. The Morgan fingerprint density at radius 1 is 1.29 bits per heavy atom. The number of rotatable bonds is 3. The van der Waals surface area contributed by atoms with Gasteiger partial charge < -0.3 is 4.90 Å². The van der Waals surface area contributed by atoms with Crippen LogP contribution in [0.5, 0.6) is 0 Å². The maximum atomic E-state index is 11.5. The molecule has 0 spiro atoms. The summed E-state index contributed by atoms with van der Waals surface area (Å²) in [5, 5.41) is 0. The lowest BCUT2D eigenvalue weighted by Gasteiger charge is -2.22. The quantitative estimate of drug-likeness (QED) is 0.839. The summed E-state index contributed by atoms with van der Waals surface area (Å²) >= 11 is 0. The third kappa shape index (κ3) is 2.58. The second kappa shape index (κ2) is 5.68. The zero-order chi connectivity index (χ0) is 11.5. The van der Waals surface area contributed by atoms with Gasteiger partial charge >= 0.3 is 0 Å². The molecule has 0 saturated heterocycles. The molecule has 17 heavy (non-hydrogen) atoms. The van der Waals surface area contributed by atoms with E-state index in [2.05, 4.69) is 23.7 Å². The van der Waals surface area contributed by atoms with E-state index in [1.54, 1.807) is 6.07 Å². The highest BCUT2D eigenvalue weighted by Gasteiger charge is 2.07. The van der Waals surface area contributed by atoms with Crippen molar-refractivity contribution in [3.8, 4) is 0 Å². The minimum atomic E-state index is -0.187. The Hall–Kier alpha value is -1.55. The lowest BCUT2D eigenvalue weighted by molar-refractivity contribution is 0.827. The van der Waals surface area contributed by atoms with Crippen LogP contribution in [0.1, 0.15) is 13.8 Å². The monoisotopic (exact) mass is 253 g/mol. The summed E-state index contributed by atoms with van der Waals surface area (Å²) < 4.78 is 1.94. The summed E-state index contributed by atoms with van der Waals surface area (Å²) in [5.74, 6) is 0.903. The van der Waals surface area contributed by atoms with Crippen LogP contribution in [0.4, 0.5) is 5.82 Å². The molecule has 0 radical (unpaired) electrons. The first kappa shape index (κ1) is 13.5. The number of pyridine rings is 1. The molecule has 0 amide bonds. The maximum absolute atomic E-state index is 11.5. The number of halogens is 1. The molecule has 2 aromatic rings. The van der Waals surface area contributed by atoms with Gasteiger partial charge in [0.15, 0.2) is 0 Å². The van der Waals surface area contributed by atoms with E-state index in [1.807, 2.05) is 28.8 Å².